The molecule has 2 aliphatic rings. The first kappa shape index (κ1) is 16.8. The van der Waals surface area contributed by atoms with Crippen molar-refractivity contribution < 1.29 is 9.59 Å². The maximum atomic E-state index is 12.1. The number of benzene rings is 1. The van der Waals surface area contributed by atoms with Crippen LogP contribution in [0.2, 0.25) is 0 Å². The number of hydrogen-bond acceptors (Lipinski definition) is 3. The first-order chi connectivity index (χ1) is 10.1. The molecule has 0 aromatic heterocycles. The Hall–Kier alpha value is -1.59. The number of amides is 2. The summed E-state index contributed by atoms with van der Waals surface area (Å²) in [5.41, 5.74) is 7.42. The molecule has 1 aliphatic heterocycles. The number of anilines is 1. The van der Waals surface area contributed by atoms with Gasteiger partial charge in [-0.15, -0.1) is 12.4 Å². The number of carbonyl (C=O) groups is 2. The molecule has 1 aromatic rings. The second kappa shape index (κ2) is 6.67. The second-order valence-corrected chi connectivity index (χ2v) is 5.97. The molecule has 2 amide bonds. The fraction of sp³-hybridized carbons (Fsp3) is 0.500. The molecular weight excluding hydrogens is 302 g/mol. The second-order valence-electron chi connectivity index (χ2n) is 5.97. The maximum Gasteiger partial charge on any atom is 0.240 e. The van der Waals surface area contributed by atoms with Gasteiger partial charge in [0.25, 0.3) is 0 Å². The number of hydrogen-bond donors (Lipinski definition) is 2. The van der Waals surface area contributed by atoms with E-state index in [0.29, 0.717) is 19.5 Å². The van der Waals surface area contributed by atoms with Crippen LogP contribution in [0.4, 0.5) is 5.69 Å². The molecule has 0 spiro atoms. The number of carbonyl (C=O) groups excluding carboxylic acids is 2. The fourth-order valence-corrected chi connectivity index (χ4v) is 3.25. The average molecular weight is 324 g/mol. The molecule has 6 heteroatoms. The fourth-order valence-electron chi connectivity index (χ4n) is 3.25. The minimum absolute atomic E-state index is 0. The Morgan fingerprint density at radius 3 is 2.68 bits per heavy atom. The van der Waals surface area contributed by atoms with Crippen LogP contribution in [0.25, 0.3) is 0 Å². The van der Waals surface area contributed by atoms with Gasteiger partial charge in [0.2, 0.25) is 11.8 Å². The van der Waals surface area contributed by atoms with Gasteiger partial charge >= 0.3 is 0 Å². The van der Waals surface area contributed by atoms with Crippen LogP contribution in [0.15, 0.2) is 24.3 Å². The average Bonchev–Trinajstić information content (AvgIpc) is 3.04. The van der Waals surface area contributed by atoms with Crippen molar-refractivity contribution in [1.29, 1.82) is 0 Å². The third-order valence-corrected chi connectivity index (χ3v) is 4.49. The van der Waals surface area contributed by atoms with Crippen molar-refractivity contribution in [3.8, 4) is 0 Å². The summed E-state index contributed by atoms with van der Waals surface area (Å²) < 4.78 is 0. The van der Waals surface area contributed by atoms with Gasteiger partial charge < -0.3 is 16.0 Å². The largest absolute Gasteiger partial charge is 0.353 e. The van der Waals surface area contributed by atoms with Crippen LogP contribution in [-0.2, 0) is 16.0 Å². The number of rotatable bonds is 4. The van der Waals surface area contributed by atoms with Crippen molar-refractivity contribution >= 4 is 29.9 Å². The van der Waals surface area contributed by atoms with E-state index in [1.165, 1.54) is 0 Å². The Bertz CT molecular complexity index is 570. The summed E-state index contributed by atoms with van der Waals surface area (Å²) in [6.45, 7) is 0.940. The van der Waals surface area contributed by atoms with Gasteiger partial charge in [-0.3, -0.25) is 9.59 Å². The quantitative estimate of drug-likeness (QED) is 0.879. The molecule has 3 rings (SSSR count). The summed E-state index contributed by atoms with van der Waals surface area (Å²) in [4.78, 5) is 25.9. The molecule has 120 valence electrons. The first-order valence-corrected chi connectivity index (χ1v) is 7.56. The van der Waals surface area contributed by atoms with Gasteiger partial charge in [-0.1, -0.05) is 31.0 Å². The minimum atomic E-state index is -0.701. The van der Waals surface area contributed by atoms with E-state index < -0.39 is 5.54 Å². The topological polar surface area (TPSA) is 75.4 Å². The zero-order valence-corrected chi connectivity index (χ0v) is 13.3. The Morgan fingerprint density at radius 2 is 1.95 bits per heavy atom. The third-order valence-electron chi connectivity index (χ3n) is 4.49. The highest BCUT2D eigenvalue weighted by Crippen LogP contribution is 2.28. The van der Waals surface area contributed by atoms with E-state index in [4.69, 9.17) is 5.73 Å². The molecule has 1 aliphatic carbocycles. The van der Waals surface area contributed by atoms with Crippen molar-refractivity contribution in [2.24, 2.45) is 5.73 Å². The van der Waals surface area contributed by atoms with Crippen molar-refractivity contribution in [3.63, 3.8) is 0 Å². The van der Waals surface area contributed by atoms with Crippen LogP contribution in [0.1, 0.15) is 31.2 Å². The Labute approximate surface area is 136 Å². The number of nitrogens with zero attached hydrogens (tertiary/aromatic N) is 1. The van der Waals surface area contributed by atoms with Gasteiger partial charge in [-0.25, -0.2) is 0 Å². The van der Waals surface area contributed by atoms with Crippen molar-refractivity contribution in [3.05, 3.63) is 29.8 Å². The highest BCUT2D eigenvalue weighted by atomic mass is 35.5. The van der Waals surface area contributed by atoms with Gasteiger partial charge in [-0.2, -0.15) is 0 Å². The lowest BCUT2D eigenvalue weighted by atomic mass is 9.98. The molecule has 0 radical (unpaired) electrons. The maximum absolute atomic E-state index is 12.1. The summed E-state index contributed by atoms with van der Waals surface area (Å²) in [5, 5.41) is 2.89. The minimum Gasteiger partial charge on any atom is -0.353 e. The summed E-state index contributed by atoms with van der Waals surface area (Å²) >= 11 is 0. The number of nitrogens with one attached hydrogen (secondary N) is 1. The molecule has 1 fully saturated rings. The van der Waals surface area contributed by atoms with Crippen LogP contribution in [0, 0.1) is 0 Å². The molecule has 1 saturated carbocycles. The zero-order chi connectivity index (χ0) is 14.9. The van der Waals surface area contributed by atoms with Crippen LogP contribution in [-0.4, -0.2) is 30.4 Å². The van der Waals surface area contributed by atoms with Crippen LogP contribution in [0.3, 0.4) is 0 Å². The lowest BCUT2D eigenvalue weighted by Crippen LogP contribution is -2.53. The standard InChI is InChI=1S/C16H21N3O2.ClH/c17-16(7-3-4-8-16)15(21)18-9-10-19-13-6-2-1-5-12(13)11-14(19)20;/h1-2,5-6H,3-4,7-11,17H2,(H,18,21);1H. The molecule has 0 bridgehead atoms. The molecule has 3 N–H and O–H groups in total. The van der Waals surface area contributed by atoms with Gasteiger partial charge in [-0.05, 0) is 24.5 Å². The Morgan fingerprint density at radius 1 is 1.27 bits per heavy atom. The smallest absolute Gasteiger partial charge is 0.240 e. The summed E-state index contributed by atoms with van der Waals surface area (Å²) in [6.07, 6.45) is 3.99. The molecular formula is C16H22ClN3O2. The Balaban J connectivity index is 0.00000176. The van der Waals surface area contributed by atoms with Gasteiger partial charge in [0.05, 0.1) is 12.0 Å². The zero-order valence-electron chi connectivity index (χ0n) is 12.5. The van der Waals surface area contributed by atoms with Crippen LogP contribution >= 0.6 is 12.4 Å². The normalized spacial score (nSPS) is 18.8. The number of halogens is 1. The molecule has 5 nitrogen and oxygen atoms in total. The van der Waals surface area contributed by atoms with Gasteiger partial charge in [0, 0.05) is 18.8 Å². The molecule has 1 aromatic carbocycles. The lowest BCUT2D eigenvalue weighted by Gasteiger charge is -2.23. The Kier molecular flexibility index (Phi) is 5.08. The molecule has 0 atom stereocenters. The predicted molar refractivity (Wildman–Crippen MR) is 88.1 cm³/mol. The first-order valence-electron chi connectivity index (χ1n) is 7.56. The van der Waals surface area contributed by atoms with Crippen molar-refractivity contribution in [2.75, 3.05) is 18.0 Å². The van der Waals surface area contributed by atoms with E-state index in [1.54, 1.807) is 4.90 Å². The van der Waals surface area contributed by atoms with E-state index in [0.717, 1.165) is 36.9 Å². The van der Waals surface area contributed by atoms with Crippen molar-refractivity contribution in [1.82, 2.24) is 5.32 Å². The molecule has 22 heavy (non-hydrogen) atoms. The number of para-hydroxylation sites is 1. The summed E-state index contributed by atoms with van der Waals surface area (Å²) in [5.74, 6) is 0.00806. The lowest BCUT2D eigenvalue weighted by molar-refractivity contribution is -0.126. The molecule has 0 saturated heterocycles. The van der Waals surface area contributed by atoms with E-state index in [2.05, 4.69) is 5.32 Å². The number of nitrogens with two attached hydrogens (primary N) is 1. The van der Waals surface area contributed by atoms with Crippen LogP contribution < -0.4 is 16.0 Å². The monoisotopic (exact) mass is 323 g/mol. The highest BCUT2D eigenvalue weighted by molar-refractivity contribution is 6.01. The van der Waals surface area contributed by atoms with E-state index >= 15 is 0 Å². The third kappa shape index (κ3) is 3.10. The van der Waals surface area contributed by atoms with E-state index in [-0.39, 0.29) is 24.2 Å². The van der Waals surface area contributed by atoms with E-state index in [9.17, 15) is 9.59 Å². The predicted octanol–water partition coefficient (Wildman–Crippen LogP) is 1.39. The van der Waals surface area contributed by atoms with Crippen molar-refractivity contribution in [2.45, 2.75) is 37.6 Å². The molecule has 0 unspecified atom stereocenters. The van der Waals surface area contributed by atoms with Crippen LogP contribution in [0.5, 0.6) is 0 Å². The SMILES string of the molecule is Cl.NC1(C(=O)NCCN2C(=O)Cc3ccccc32)CCCC1. The molecule has 1 heterocycles. The summed E-state index contributed by atoms with van der Waals surface area (Å²) in [7, 11) is 0. The number of fused-ring (bicyclic) bond motifs is 1. The van der Waals surface area contributed by atoms with Gasteiger partial charge in [0.15, 0.2) is 0 Å². The highest BCUT2D eigenvalue weighted by Gasteiger charge is 2.36. The van der Waals surface area contributed by atoms with Gasteiger partial charge in [0.1, 0.15) is 0 Å². The van der Waals surface area contributed by atoms with E-state index in [1.807, 2.05) is 24.3 Å². The summed E-state index contributed by atoms with van der Waals surface area (Å²) in [6, 6.07) is 7.79.